The maximum absolute atomic E-state index is 13.5. The number of likely N-dealkylation sites (tertiary alicyclic amines) is 1. The molecule has 3 aliphatic rings. The minimum atomic E-state index is -1.93. The standard InChI is InChI=1S/C32H43N3O9S2Si/c1-9-14-40-29(37)26-27(19(4)25-24(28(36)35(25)26)20(5)44-47(6,7)8)46-30-33-22(18-45-30)23-13-12-21(17-43-32(39)42-16-11-3)34(23)31(38)41-15-10-2/h9-11,18-21,23-25H,1-3,12-17H2,4-8H3/t19-,20-,21+,23+,24-,25-/m1/s1. The number of hydrogen-bond donors (Lipinski definition) is 0. The van der Waals surface area contributed by atoms with Crippen LogP contribution in [0.3, 0.4) is 0 Å². The molecule has 2 fully saturated rings. The summed E-state index contributed by atoms with van der Waals surface area (Å²) in [5, 5.41) is 1.87. The Hall–Kier alpha value is -3.40. The van der Waals surface area contributed by atoms with Crippen molar-refractivity contribution in [2.24, 2.45) is 11.8 Å². The Bertz CT molecular complexity index is 1420. The van der Waals surface area contributed by atoms with Crippen molar-refractivity contribution in [2.45, 2.75) is 74.9 Å². The zero-order chi connectivity index (χ0) is 34.5. The number of fused-ring (bicyclic) bond motifs is 1. The number of amides is 2. The summed E-state index contributed by atoms with van der Waals surface area (Å²) in [6.45, 7) is 20.9. The molecule has 3 aliphatic heterocycles. The molecule has 2 amide bonds. The number of hydrogen-bond acceptors (Lipinski definition) is 12. The maximum Gasteiger partial charge on any atom is 0.508 e. The summed E-state index contributed by atoms with van der Waals surface area (Å²) >= 11 is 2.70. The van der Waals surface area contributed by atoms with Crippen LogP contribution in [0.2, 0.25) is 19.6 Å². The van der Waals surface area contributed by atoms with Crippen molar-refractivity contribution in [1.29, 1.82) is 0 Å². The maximum atomic E-state index is 13.5. The van der Waals surface area contributed by atoms with E-state index in [0.717, 1.165) is 0 Å². The molecule has 256 valence electrons. The van der Waals surface area contributed by atoms with Crippen molar-refractivity contribution in [3.05, 3.63) is 59.6 Å². The van der Waals surface area contributed by atoms with Gasteiger partial charge in [0.25, 0.3) is 0 Å². The minimum absolute atomic E-state index is 0.0116. The number of carbonyl (C=O) groups excluding carboxylic acids is 4. The van der Waals surface area contributed by atoms with Gasteiger partial charge in [-0.3, -0.25) is 9.69 Å². The van der Waals surface area contributed by atoms with E-state index in [-0.39, 0.29) is 62.0 Å². The van der Waals surface area contributed by atoms with Crippen LogP contribution in [0.4, 0.5) is 9.59 Å². The lowest BCUT2D eigenvalue weighted by Gasteiger charge is -2.48. The molecule has 0 saturated carbocycles. The predicted molar refractivity (Wildman–Crippen MR) is 180 cm³/mol. The van der Waals surface area contributed by atoms with Crippen LogP contribution in [0.25, 0.3) is 0 Å². The van der Waals surface area contributed by atoms with Crippen molar-refractivity contribution in [1.82, 2.24) is 14.8 Å². The molecule has 6 atom stereocenters. The first-order valence-corrected chi connectivity index (χ1v) is 20.6. The molecule has 0 bridgehead atoms. The van der Waals surface area contributed by atoms with E-state index in [9.17, 15) is 19.2 Å². The fraction of sp³-hybridized carbons (Fsp3) is 0.531. The highest BCUT2D eigenvalue weighted by molar-refractivity contribution is 8.04. The van der Waals surface area contributed by atoms with Crippen LogP contribution in [-0.2, 0) is 33.0 Å². The topological polar surface area (TPSA) is 134 Å². The summed E-state index contributed by atoms with van der Waals surface area (Å²) in [4.78, 5) is 60.6. The van der Waals surface area contributed by atoms with Gasteiger partial charge in [-0.25, -0.2) is 19.4 Å². The number of thioether (sulfide) groups is 1. The van der Waals surface area contributed by atoms with Crippen molar-refractivity contribution >= 4 is 55.5 Å². The van der Waals surface area contributed by atoms with Crippen LogP contribution in [0, 0.1) is 11.8 Å². The van der Waals surface area contributed by atoms with Gasteiger partial charge in [-0.05, 0) is 39.4 Å². The van der Waals surface area contributed by atoms with Gasteiger partial charge in [0.2, 0.25) is 5.91 Å². The molecule has 47 heavy (non-hydrogen) atoms. The summed E-state index contributed by atoms with van der Waals surface area (Å²) in [6, 6.07) is -1.14. The summed E-state index contributed by atoms with van der Waals surface area (Å²) < 4.78 is 27.9. The SMILES string of the molecule is C=CCOC(=O)OC[C@@H]1CC[C@@H](c2csc(SC3=C(C(=O)OCC=C)N4C(=O)[C@H]([C@@H](C)O[Si](C)(C)C)[C@H]4[C@H]3C)n2)N1C(=O)OCC=C. The molecule has 0 spiro atoms. The number of β-lactam (4-membered cyclic amide) rings is 1. The van der Waals surface area contributed by atoms with E-state index in [1.54, 1.807) is 9.80 Å². The summed E-state index contributed by atoms with van der Waals surface area (Å²) in [7, 11) is -1.93. The fourth-order valence-corrected chi connectivity index (χ4v) is 9.58. The first kappa shape index (κ1) is 36.4. The van der Waals surface area contributed by atoms with Crippen molar-refractivity contribution < 1.29 is 42.6 Å². The van der Waals surface area contributed by atoms with Gasteiger partial charge in [-0.15, -0.1) is 11.3 Å². The molecule has 2 saturated heterocycles. The van der Waals surface area contributed by atoms with Crippen molar-refractivity contribution in [2.75, 3.05) is 26.4 Å². The average molecular weight is 706 g/mol. The number of thiazole rings is 1. The van der Waals surface area contributed by atoms with Crippen LogP contribution >= 0.6 is 23.1 Å². The van der Waals surface area contributed by atoms with Crippen LogP contribution in [-0.4, -0.2) is 91.8 Å². The second-order valence-electron chi connectivity index (χ2n) is 12.4. The van der Waals surface area contributed by atoms with Crippen LogP contribution in [0.5, 0.6) is 0 Å². The highest BCUT2D eigenvalue weighted by Crippen LogP contribution is 2.53. The van der Waals surface area contributed by atoms with Gasteiger partial charge in [0.1, 0.15) is 32.1 Å². The zero-order valence-electron chi connectivity index (χ0n) is 27.5. The van der Waals surface area contributed by atoms with E-state index >= 15 is 0 Å². The van der Waals surface area contributed by atoms with E-state index in [0.29, 0.717) is 27.8 Å². The first-order valence-electron chi connectivity index (χ1n) is 15.5. The normalized spacial score (nSPS) is 24.3. The van der Waals surface area contributed by atoms with E-state index in [1.165, 1.54) is 41.3 Å². The fourth-order valence-electron chi connectivity index (χ4n) is 6.18. The smallest absolute Gasteiger partial charge is 0.457 e. The third-order valence-corrected chi connectivity index (χ3v) is 11.3. The summed E-state index contributed by atoms with van der Waals surface area (Å²) in [6.07, 6.45) is 3.76. The number of ether oxygens (including phenoxy) is 4. The van der Waals surface area contributed by atoms with Crippen LogP contribution in [0.15, 0.2) is 58.3 Å². The van der Waals surface area contributed by atoms with Crippen LogP contribution < -0.4 is 0 Å². The third kappa shape index (κ3) is 8.19. The molecule has 4 heterocycles. The molecule has 0 N–H and O–H groups in total. The molecule has 0 aromatic carbocycles. The van der Waals surface area contributed by atoms with Gasteiger partial charge in [-0.1, -0.05) is 56.7 Å². The molecule has 15 heteroatoms. The summed E-state index contributed by atoms with van der Waals surface area (Å²) in [5.41, 5.74) is 0.866. The third-order valence-electron chi connectivity index (χ3n) is 7.95. The Morgan fingerprint density at radius 3 is 2.38 bits per heavy atom. The van der Waals surface area contributed by atoms with Crippen LogP contribution in [0.1, 0.15) is 38.4 Å². The molecule has 4 rings (SSSR count). The number of rotatable bonds is 15. The van der Waals surface area contributed by atoms with Gasteiger partial charge < -0.3 is 28.3 Å². The quantitative estimate of drug-likeness (QED) is 0.0693. The van der Waals surface area contributed by atoms with Gasteiger partial charge in [0.15, 0.2) is 12.7 Å². The number of esters is 1. The van der Waals surface area contributed by atoms with E-state index in [4.69, 9.17) is 28.4 Å². The van der Waals surface area contributed by atoms with E-state index < -0.39 is 38.6 Å². The largest absolute Gasteiger partial charge is 0.508 e. The van der Waals surface area contributed by atoms with E-state index in [1.807, 2.05) is 19.2 Å². The highest BCUT2D eigenvalue weighted by Gasteiger charge is 2.61. The number of aromatic nitrogens is 1. The molecule has 0 radical (unpaired) electrons. The van der Waals surface area contributed by atoms with Crippen molar-refractivity contribution in [3.63, 3.8) is 0 Å². The zero-order valence-corrected chi connectivity index (χ0v) is 30.1. The molecule has 0 unspecified atom stereocenters. The summed E-state index contributed by atoms with van der Waals surface area (Å²) in [5.74, 6) is -1.31. The molecule has 1 aromatic heterocycles. The average Bonchev–Trinajstić information content (AvgIpc) is 3.71. The Morgan fingerprint density at radius 1 is 1.06 bits per heavy atom. The Kier molecular flexibility index (Phi) is 12.1. The Labute approximate surface area is 284 Å². The lowest BCUT2D eigenvalue weighted by molar-refractivity contribution is -0.163. The molecule has 1 aromatic rings. The van der Waals surface area contributed by atoms with Gasteiger partial charge in [0, 0.05) is 16.2 Å². The van der Waals surface area contributed by atoms with Gasteiger partial charge in [-0.2, -0.15) is 0 Å². The molecular formula is C32H43N3O9S2Si. The number of nitrogens with zero attached hydrogens (tertiary/aromatic N) is 3. The second-order valence-corrected chi connectivity index (χ2v) is 19.0. The minimum Gasteiger partial charge on any atom is -0.457 e. The Balaban J connectivity index is 1.57. The van der Waals surface area contributed by atoms with E-state index in [2.05, 4.69) is 39.4 Å². The monoisotopic (exact) mass is 705 g/mol. The molecule has 12 nitrogen and oxygen atoms in total. The Morgan fingerprint density at radius 2 is 1.72 bits per heavy atom. The second kappa shape index (κ2) is 15.7. The molecular weight excluding hydrogens is 663 g/mol. The van der Waals surface area contributed by atoms with Crippen molar-refractivity contribution in [3.8, 4) is 0 Å². The van der Waals surface area contributed by atoms with Gasteiger partial charge >= 0.3 is 18.2 Å². The lowest BCUT2D eigenvalue weighted by Crippen LogP contribution is -2.64. The molecule has 0 aliphatic carbocycles. The predicted octanol–water partition coefficient (Wildman–Crippen LogP) is 6.06. The number of carbonyl (C=O) groups is 4. The first-order chi connectivity index (χ1) is 22.3. The highest BCUT2D eigenvalue weighted by atomic mass is 32.2. The van der Waals surface area contributed by atoms with Gasteiger partial charge in [0.05, 0.1) is 35.8 Å². The lowest BCUT2D eigenvalue weighted by atomic mass is 9.79.